The van der Waals surface area contributed by atoms with Crippen molar-refractivity contribution in [1.82, 2.24) is 0 Å². The maximum absolute atomic E-state index is 12.1. The van der Waals surface area contributed by atoms with Gasteiger partial charge in [0.2, 0.25) is 17.5 Å². The van der Waals surface area contributed by atoms with Gasteiger partial charge >= 0.3 is 0 Å². The SMILES string of the molecule is COC1=C(C)C(=O)C(=O)c2c(NC(C)=O)cccc21. The molecule has 2 rings (SSSR count). The molecule has 0 heterocycles. The van der Waals surface area contributed by atoms with Crippen LogP contribution < -0.4 is 5.32 Å². The minimum atomic E-state index is -0.627. The highest BCUT2D eigenvalue weighted by molar-refractivity contribution is 6.53. The molecular weight excluding hydrogens is 246 g/mol. The number of Topliss-reactive ketones (excluding diaryl/α,β-unsaturated/α-hetero) is 2. The van der Waals surface area contributed by atoms with Gasteiger partial charge in [-0.15, -0.1) is 0 Å². The van der Waals surface area contributed by atoms with Crippen LogP contribution in [0.2, 0.25) is 0 Å². The van der Waals surface area contributed by atoms with Crippen molar-refractivity contribution in [2.45, 2.75) is 13.8 Å². The highest BCUT2D eigenvalue weighted by atomic mass is 16.5. The lowest BCUT2D eigenvalue weighted by Crippen LogP contribution is -2.25. The van der Waals surface area contributed by atoms with Gasteiger partial charge in [-0.25, -0.2) is 0 Å². The summed E-state index contributed by atoms with van der Waals surface area (Å²) >= 11 is 0. The zero-order valence-electron chi connectivity index (χ0n) is 10.9. The topological polar surface area (TPSA) is 72.5 Å². The third-order valence-corrected chi connectivity index (χ3v) is 2.94. The minimum absolute atomic E-state index is 0.185. The fourth-order valence-electron chi connectivity index (χ4n) is 2.13. The van der Waals surface area contributed by atoms with Gasteiger partial charge in [0.1, 0.15) is 5.76 Å². The Bertz CT molecular complexity index is 628. The van der Waals surface area contributed by atoms with Gasteiger partial charge in [-0.05, 0) is 13.0 Å². The van der Waals surface area contributed by atoms with Crippen molar-refractivity contribution in [3.05, 3.63) is 34.9 Å². The van der Waals surface area contributed by atoms with Crippen LogP contribution in [0.15, 0.2) is 23.8 Å². The summed E-state index contributed by atoms with van der Waals surface area (Å²) in [5.41, 5.74) is 1.31. The molecule has 0 saturated heterocycles. The van der Waals surface area contributed by atoms with E-state index in [0.717, 1.165) is 0 Å². The van der Waals surface area contributed by atoms with Crippen LogP contribution in [0.5, 0.6) is 0 Å². The molecule has 0 saturated carbocycles. The highest BCUT2D eigenvalue weighted by Crippen LogP contribution is 2.33. The number of rotatable bonds is 2. The van der Waals surface area contributed by atoms with E-state index >= 15 is 0 Å². The number of carbonyl (C=O) groups excluding carboxylic acids is 3. The van der Waals surface area contributed by atoms with Crippen molar-refractivity contribution in [2.75, 3.05) is 12.4 Å². The Hall–Kier alpha value is -2.43. The largest absolute Gasteiger partial charge is 0.496 e. The van der Waals surface area contributed by atoms with Crippen LogP contribution >= 0.6 is 0 Å². The molecule has 1 aromatic rings. The Morgan fingerprint density at radius 2 is 1.89 bits per heavy atom. The van der Waals surface area contributed by atoms with Crippen LogP contribution in [-0.4, -0.2) is 24.6 Å². The van der Waals surface area contributed by atoms with E-state index in [-0.39, 0.29) is 17.0 Å². The van der Waals surface area contributed by atoms with Gasteiger partial charge in [0.25, 0.3) is 0 Å². The summed E-state index contributed by atoms with van der Waals surface area (Å²) < 4.78 is 5.20. The molecule has 98 valence electrons. The van der Waals surface area contributed by atoms with Crippen LogP contribution in [0, 0.1) is 0 Å². The van der Waals surface area contributed by atoms with E-state index in [0.29, 0.717) is 17.0 Å². The average molecular weight is 259 g/mol. The second-order valence-corrected chi connectivity index (χ2v) is 4.23. The van der Waals surface area contributed by atoms with Crippen molar-refractivity contribution < 1.29 is 19.1 Å². The number of methoxy groups -OCH3 is 1. The molecule has 0 aliphatic heterocycles. The molecule has 0 radical (unpaired) electrons. The Labute approximate surface area is 110 Å². The molecule has 1 aromatic carbocycles. The van der Waals surface area contributed by atoms with E-state index in [9.17, 15) is 14.4 Å². The van der Waals surface area contributed by atoms with Crippen molar-refractivity contribution in [2.24, 2.45) is 0 Å². The van der Waals surface area contributed by atoms with Crippen molar-refractivity contribution in [1.29, 1.82) is 0 Å². The quantitative estimate of drug-likeness (QED) is 0.822. The van der Waals surface area contributed by atoms with Gasteiger partial charge in [-0.2, -0.15) is 0 Å². The normalized spacial score (nSPS) is 14.3. The molecule has 0 atom stereocenters. The lowest BCUT2D eigenvalue weighted by molar-refractivity contribution is -0.114. The number of allylic oxidation sites excluding steroid dienone is 1. The van der Waals surface area contributed by atoms with Gasteiger partial charge in [0.15, 0.2) is 0 Å². The summed E-state index contributed by atoms with van der Waals surface area (Å²) in [7, 11) is 1.44. The number of nitrogens with one attached hydrogen (secondary N) is 1. The van der Waals surface area contributed by atoms with Gasteiger partial charge in [0.05, 0.1) is 18.4 Å². The third kappa shape index (κ3) is 2.03. The number of amides is 1. The summed E-state index contributed by atoms with van der Waals surface area (Å²) in [6, 6.07) is 4.96. The van der Waals surface area contributed by atoms with E-state index in [1.165, 1.54) is 14.0 Å². The monoisotopic (exact) mass is 259 g/mol. The molecule has 1 N–H and O–H groups in total. The molecule has 1 amide bonds. The Balaban J connectivity index is 2.72. The third-order valence-electron chi connectivity index (χ3n) is 2.94. The molecule has 1 aliphatic carbocycles. The van der Waals surface area contributed by atoms with Gasteiger partial charge < -0.3 is 10.1 Å². The van der Waals surface area contributed by atoms with Crippen molar-refractivity contribution in [3.8, 4) is 0 Å². The molecule has 0 fully saturated rings. The fourth-order valence-corrected chi connectivity index (χ4v) is 2.13. The number of ether oxygens (including phenoxy) is 1. The number of benzene rings is 1. The predicted octanol–water partition coefficient (Wildman–Crippen LogP) is 1.79. The zero-order valence-corrected chi connectivity index (χ0v) is 10.9. The van der Waals surface area contributed by atoms with Crippen molar-refractivity contribution in [3.63, 3.8) is 0 Å². The van der Waals surface area contributed by atoms with E-state index in [1.54, 1.807) is 25.1 Å². The van der Waals surface area contributed by atoms with E-state index in [4.69, 9.17) is 4.74 Å². The Kier molecular flexibility index (Phi) is 3.21. The standard InChI is InChI=1S/C14H13NO4/c1-7-12(17)13(18)11-9(14(7)19-3)5-4-6-10(11)15-8(2)16/h4-6H,1-3H3,(H,15,16). The lowest BCUT2D eigenvalue weighted by Gasteiger charge is -2.21. The summed E-state index contributed by atoms with van der Waals surface area (Å²) in [5.74, 6) is -1.18. The smallest absolute Gasteiger partial charge is 0.236 e. The van der Waals surface area contributed by atoms with Gasteiger partial charge in [0, 0.05) is 18.1 Å². The van der Waals surface area contributed by atoms with Gasteiger partial charge in [-0.3, -0.25) is 14.4 Å². The molecule has 5 heteroatoms. The first-order valence-electron chi connectivity index (χ1n) is 5.72. The van der Waals surface area contributed by atoms with Gasteiger partial charge in [-0.1, -0.05) is 12.1 Å². The summed E-state index contributed by atoms with van der Waals surface area (Å²) in [5, 5.41) is 2.55. The van der Waals surface area contributed by atoms with Crippen LogP contribution in [0.25, 0.3) is 5.76 Å². The molecule has 1 aliphatic rings. The molecule has 0 unspecified atom stereocenters. The molecular formula is C14H13NO4. The number of carbonyl (C=O) groups is 3. The van der Waals surface area contributed by atoms with Crippen LogP contribution in [-0.2, 0) is 14.3 Å². The summed E-state index contributed by atoms with van der Waals surface area (Å²) in [6.07, 6.45) is 0. The van der Waals surface area contributed by atoms with E-state index < -0.39 is 11.6 Å². The number of hydrogen-bond donors (Lipinski definition) is 1. The maximum atomic E-state index is 12.1. The summed E-state index contributed by atoms with van der Waals surface area (Å²) in [4.78, 5) is 35.1. The lowest BCUT2D eigenvalue weighted by atomic mass is 9.88. The van der Waals surface area contributed by atoms with Crippen LogP contribution in [0.1, 0.15) is 29.8 Å². The number of ketones is 2. The Morgan fingerprint density at radius 1 is 1.21 bits per heavy atom. The maximum Gasteiger partial charge on any atom is 0.236 e. The molecule has 19 heavy (non-hydrogen) atoms. The first kappa shape index (κ1) is 13.0. The Morgan fingerprint density at radius 3 is 2.47 bits per heavy atom. The zero-order chi connectivity index (χ0) is 14.2. The van der Waals surface area contributed by atoms with Crippen LogP contribution in [0.4, 0.5) is 5.69 Å². The molecule has 0 bridgehead atoms. The van der Waals surface area contributed by atoms with Crippen LogP contribution in [0.3, 0.4) is 0 Å². The molecule has 0 spiro atoms. The number of fused-ring (bicyclic) bond motifs is 1. The highest BCUT2D eigenvalue weighted by Gasteiger charge is 2.33. The second kappa shape index (κ2) is 4.68. The average Bonchev–Trinajstić information content (AvgIpc) is 2.36. The first-order chi connectivity index (χ1) is 8.97. The molecule has 5 nitrogen and oxygen atoms in total. The van der Waals surface area contributed by atoms with Crippen molar-refractivity contribution >= 4 is 28.9 Å². The van der Waals surface area contributed by atoms with E-state index in [1.807, 2.05) is 0 Å². The summed E-state index contributed by atoms with van der Waals surface area (Å²) in [6.45, 7) is 2.89. The first-order valence-corrected chi connectivity index (χ1v) is 5.72. The second-order valence-electron chi connectivity index (χ2n) is 4.23. The molecule has 0 aromatic heterocycles. The fraction of sp³-hybridized carbons (Fsp3) is 0.214. The number of anilines is 1. The number of hydrogen-bond acceptors (Lipinski definition) is 4. The minimum Gasteiger partial charge on any atom is -0.496 e. The predicted molar refractivity (Wildman–Crippen MR) is 69.7 cm³/mol. The van der Waals surface area contributed by atoms with E-state index in [2.05, 4.69) is 5.32 Å².